The third kappa shape index (κ3) is 5.61. The molecule has 0 aliphatic heterocycles. The fraction of sp³-hybridized carbons (Fsp3) is 0.172. The van der Waals surface area contributed by atoms with Crippen molar-refractivity contribution in [3.8, 4) is 17.0 Å². The van der Waals surface area contributed by atoms with Crippen LogP contribution in [-0.4, -0.2) is 43.7 Å². The summed E-state index contributed by atoms with van der Waals surface area (Å²) in [6.45, 7) is 1.86. The number of pyridine rings is 2. The Bertz CT molecular complexity index is 2060. The van der Waals surface area contributed by atoms with E-state index in [9.17, 15) is 21.6 Å². The predicted molar refractivity (Wildman–Crippen MR) is 159 cm³/mol. The van der Waals surface area contributed by atoms with E-state index >= 15 is 0 Å². The van der Waals surface area contributed by atoms with Crippen molar-refractivity contribution in [2.24, 2.45) is 7.05 Å². The summed E-state index contributed by atoms with van der Waals surface area (Å²) in [7, 11) is -4.39. The largest absolute Gasteiger partial charge is 0.481 e. The summed E-state index contributed by atoms with van der Waals surface area (Å²) in [6, 6.07) is 18.3. The number of methoxy groups -OCH3 is 1. The van der Waals surface area contributed by atoms with Crippen LogP contribution in [0.25, 0.3) is 22.0 Å². The van der Waals surface area contributed by atoms with Crippen LogP contribution in [0.5, 0.6) is 5.88 Å². The van der Waals surface area contributed by atoms with E-state index in [2.05, 4.69) is 10.3 Å². The molecule has 0 aliphatic carbocycles. The second-order valence-corrected chi connectivity index (χ2v) is 13.7. The smallest absolute Gasteiger partial charge is 0.275 e. The zero-order valence-electron chi connectivity index (χ0n) is 22.8. The van der Waals surface area contributed by atoms with Crippen LogP contribution in [0.4, 0.5) is 11.5 Å². The van der Waals surface area contributed by atoms with E-state index in [0.717, 1.165) is 15.8 Å². The first-order valence-electron chi connectivity index (χ1n) is 12.5. The molecule has 1 N–H and O–H groups in total. The van der Waals surface area contributed by atoms with Gasteiger partial charge in [-0.3, -0.25) is 4.79 Å². The van der Waals surface area contributed by atoms with E-state index in [1.165, 1.54) is 37.1 Å². The fourth-order valence-electron chi connectivity index (χ4n) is 4.62. The number of ether oxygens (including phenoxy) is 1. The van der Waals surface area contributed by atoms with Crippen LogP contribution in [0.2, 0.25) is 0 Å². The van der Waals surface area contributed by atoms with Crippen molar-refractivity contribution in [2.75, 3.05) is 18.7 Å². The van der Waals surface area contributed by atoms with E-state index in [1.54, 1.807) is 60.8 Å². The number of aryl methyl sites for hydroxylation is 2. The van der Waals surface area contributed by atoms with Gasteiger partial charge in [-0.15, -0.1) is 0 Å². The molecule has 0 amide bonds. The van der Waals surface area contributed by atoms with Gasteiger partial charge in [0.05, 0.1) is 17.8 Å². The fourth-order valence-corrected chi connectivity index (χ4v) is 6.75. The first kappa shape index (κ1) is 28.1. The van der Waals surface area contributed by atoms with Gasteiger partial charge in [0.15, 0.2) is 9.84 Å². The van der Waals surface area contributed by atoms with Crippen LogP contribution in [0.15, 0.2) is 88.8 Å². The van der Waals surface area contributed by atoms with Crippen LogP contribution in [0.1, 0.15) is 11.1 Å². The van der Waals surface area contributed by atoms with Crippen molar-refractivity contribution < 1.29 is 21.6 Å². The lowest BCUT2D eigenvalue weighted by Gasteiger charge is -2.16. The van der Waals surface area contributed by atoms with Crippen molar-refractivity contribution in [2.45, 2.75) is 17.6 Å². The van der Waals surface area contributed by atoms with Crippen molar-refractivity contribution in [3.63, 3.8) is 0 Å². The third-order valence-corrected chi connectivity index (χ3v) is 9.11. The molecule has 5 aromatic rings. The number of nitrogens with zero attached hydrogens (tertiary/aromatic N) is 3. The lowest BCUT2D eigenvalue weighted by Crippen LogP contribution is -2.22. The molecule has 0 saturated carbocycles. The van der Waals surface area contributed by atoms with E-state index in [-0.39, 0.29) is 16.2 Å². The quantitative estimate of drug-likeness (QED) is 0.283. The van der Waals surface area contributed by atoms with Crippen LogP contribution in [-0.2, 0) is 32.7 Å². The summed E-state index contributed by atoms with van der Waals surface area (Å²) in [5.74, 6) is 0.672. The molecule has 0 spiro atoms. The number of hydrogen-bond acceptors (Lipinski definition) is 8. The Kier molecular flexibility index (Phi) is 7.22. The highest BCUT2D eigenvalue weighted by Gasteiger charge is 2.24. The number of hydrogen-bond donors (Lipinski definition) is 1. The molecule has 3 aromatic heterocycles. The van der Waals surface area contributed by atoms with E-state index in [0.29, 0.717) is 39.5 Å². The minimum absolute atomic E-state index is 0.0236. The Morgan fingerprint density at radius 2 is 1.68 bits per heavy atom. The molecule has 41 heavy (non-hydrogen) atoms. The van der Waals surface area contributed by atoms with Crippen molar-refractivity contribution in [3.05, 3.63) is 101 Å². The number of rotatable bonds is 8. The number of anilines is 2. The number of fused-ring (bicyclic) bond motifs is 1. The first-order valence-corrected chi connectivity index (χ1v) is 16.0. The molecule has 5 rings (SSSR count). The average molecular weight is 593 g/mol. The molecule has 0 saturated heterocycles. The molecule has 2 aromatic carbocycles. The summed E-state index contributed by atoms with van der Waals surface area (Å²) in [5, 5.41) is 3.64. The molecule has 0 atom stereocenters. The zero-order valence-corrected chi connectivity index (χ0v) is 24.5. The van der Waals surface area contributed by atoms with Crippen LogP contribution < -0.4 is 15.6 Å². The first-order chi connectivity index (χ1) is 19.4. The minimum Gasteiger partial charge on any atom is -0.481 e. The Morgan fingerprint density at radius 3 is 2.37 bits per heavy atom. The monoisotopic (exact) mass is 592 g/mol. The molecule has 212 valence electrons. The summed E-state index contributed by atoms with van der Waals surface area (Å²) in [5.41, 5.74) is 2.56. The van der Waals surface area contributed by atoms with Gasteiger partial charge in [0.2, 0.25) is 5.88 Å². The molecule has 0 aliphatic rings. The summed E-state index contributed by atoms with van der Waals surface area (Å²) < 4.78 is 59.0. The molecule has 12 heteroatoms. The van der Waals surface area contributed by atoms with Gasteiger partial charge < -0.3 is 14.6 Å². The predicted octanol–water partition coefficient (Wildman–Crippen LogP) is 4.24. The van der Waals surface area contributed by atoms with E-state index in [1.807, 2.05) is 6.92 Å². The van der Waals surface area contributed by atoms with Gasteiger partial charge in [-0.05, 0) is 48.9 Å². The summed E-state index contributed by atoms with van der Waals surface area (Å²) in [4.78, 5) is 17.8. The van der Waals surface area contributed by atoms with Gasteiger partial charge in [0.25, 0.3) is 15.6 Å². The molecular weight excluding hydrogens is 564 g/mol. The highest BCUT2D eigenvalue weighted by atomic mass is 32.2. The highest BCUT2D eigenvalue weighted by Crippen LogP contribution is 2.36. The normalized spacial score (nSPS) is 12.0. The number of benzene rings is 2. The van der Waals surface area contributed by atoms with E-state index < -0.39 is 25.4 Å². The van der Waals surface area contributed by atoms with Gasteiger partial charge in [-0.2, -0.15) is 4.98 Å². The SMILES string of the molecule is COc1cccc(Nc2ccc(CS(C)(=O)=O)cc2-c2cn(C)c(=O)c3c2ccn3S(=O)(=O)c2ccc(C)cc2)n1. The highest BCUT2D eigenvalue weighted by molar-refractivity contribution is 7.90. The van der Waals surface area contributed by atoms with Gasteiger partial charge in [-0.1, -0.05) is 29.8 Å². The van der Waals surface area contributed by atoms with Crippen molar-refractivity contribution >= 4 is 42.3 Å². The van der Waals surface area contributed by atoms with Gasteiger partial charge >= 0.3 is 0 Å². The van der Waals surface area contributed by atoms with Crippen LogP contribution >= 0.6 is 0 Å². The maximum Gasteiger partial charge on any atom is 0.275 e. The Hall–Kier alpha value is -4.42. The van der Waals surface area contributed by atoms with Gasteiger partial charge in [0.1, 0.15) is 11.3 Å². The van der Waals surface area contributed by atoms with Crippen LogP contribution in [0.3, 0.4) is 0 Å². The molecular formula is C29H28N4O6S2. The van der Waals surface area contributed by atoms with Crippen LogP contribution in [0, 0.1) is 6.92 Å². The maximum atomic E-state index is 13.6. The number of nitrogens with one attached hydrogen (secondary N) is 1. The molecule has 10 nitrogen and oxygen atoms in total. The topological polar surface area (TPSA) is 129 Å². The molecule has 0 fully saturated rings. The molecule has 0 bridgehead atoms. The minimum atomic E-state index is -4.09. The molecule has 0 unspecified atom stereocenters. The summed E-state index contributed by atoms with van der Waals surface area (Å²) in [6.07, 6.45) is 4.12. The zero-order chi connectivity index (χ0) is 29.5. The second kappa shape index (κ2) is 10.5. The lowest BCUT2D eigenvalue weighted by molar-refractivity contribution is 0.398. The average Bonchev–Trinajstić information content (AvgIpc) is 3.38. The molecule has 0 radical (unpaired) electrons. The maximum absolute atomic E-state index is 13.6. The lowest BCUT2D eigenvalue weighted by atomic mass is 9.99. The second-order valence-electron chi connectivity index (χ2n) is 9.79. The Morgan fingerprint density at radius 1 is 0.951 bits per heavy atom. The molecule has 3 heterocycles. The number of aromatic nitrogens is 3. The van der Waals surface area contributed by atoms with Gasteiger partial charge in [0, 0.05) is 54.0 Å². The van der Waals surface area contributed by atoms with Gasteiger partial charge in [-0.25, -0.2) is 20.8 Å². The standard InChI is InChI=1S/C29H28N4O6S2/c1-19-8-11-21(12-9-19)41(37,38)33-15-14-22-24(17-32(2)29(34)28(22)33)23-16-20(18-40(4,35)36)10-13-25(23)30-26-6-5-7-27(31-26)39-3/h5-17H,18H2,1-4H3,(H,30,31). The Balaban J connectivity index is 1.75. The van der Waals surface area contributed by atoms with Crippen molar-refractivity contribution in [1.82, 2.24) is 13.5 Å². The number of sulfone groups is 1. The summed E-state index contributed by atoms with van der Waals surface area (Å²) >= 11 is 0. The van der Waals surface area contributed by atoms with E-state index in [4.69, 9.17) is 4.74 Å². The third-order valence-electron chi connectivity index (χ3n) is 6.56. The Labute approximate surface area is 237 Å². The van der Waals surface area contributed by atoms with Crippen molar-refractivity contribution in [1.29, 1.82) is 0 Å².